The van der Waals surface area contributed by atoms with Crippen molar-refractivity contribution in [3.05, 3.63) is 59.9 Å². The smallest absolute Gasteiger partial charge is 0.239 e. The lowest BCUT2D eigenvalue weighted by molar-refractivity contribution is -0.126. The van der Waals surface area contributed by atoms with Crippen LogP contribution < -0.4 is 15.4 Å². The van der Waals surface area contributed by atoms with Crippen molar-refractivity contribution < 1.29 is 14.3 Å². The van der Waals surface area contributed by atoms with E-state index >= 15 is 0 Å². The highest BCUT2D eigenvalue weighted by Gasteiger charge is 2.44. The molecule has 2 aromatic rings. The van der Waals surface area contributed by atoms with E-state index in [-0.39, 0.29) is 29.9 Å². The van der Waals surface area contributed by atoms with Crippen LogP contribution in [0.1, 0.15) is 30.5 Å². The van der Waals surface area contributed by atoms with Crippen molar-refractivity contribution in [1.82, 2.24) is 25.4 Å². The number of nitrogens with one attached hydrogen (secondary N) is 2. The number of aromatic nitrogens is 1. The molecule has 0 bridgehead atoms. The second-order valence-electron chi connectivity index (χ2n) is 8.82. The molecule has 1 aromatic heterocycles. The molecule has 4 rings (SSSR count). The molecule has 0 spiro atoms. The van der Waals surface area contributed by atoms with Gasteiger partial charge in [-0.3, -0.25) is 24.4 Å². The van der Waals surface area contributed by atoms with Crippen LogP contribution in [-0.4, -0.2) is 72.0 Å². The third-order valence-corrected chi connectivity index (χ3v) is 6.79. The Morgan fingerprint density at radius 3 is 2.79 bits per heavy atom. The number of hydrogen-bond acceptors (Lipinski definition) is 6. The van der Waals surface area contributed by atoms with E-state index < -0.39 is 0 Å². The molecule has 2 amide bonds. The summed E-state index contributed by atoms with van der Waals surface area (Å²) in [6, 6.07) is 13.6. The minimum atomic E-state index is -0.189. The number of likely N-dealkylation sites (tertiary alicyclic amines) is 1. The zero-order valence-electron chi connectivity index (χ0n) is 19.4. The first-order chi connectivity index (χ1) is 16.0. The summed E-state index contributed by atoms with van der Waals surface area (Å²) in [5.41, 5.74) is 2.01. The van der Waals surface area contributed by atoms with Crippen molar-refractivity contribution in [2.75, 3.05) is 27.2 Å². The molecule has 0 saturated carbocycles. The molecule has 0 radical (unpaired) electrons. The Balaban J connectivity index is 1.29. The first-order valence-electron chi connectivity index (χ1n) is 11.6. The highest BCUT2D eigenvalue weighted by atomic mass is 16.5. The van der Waals surface area contributed by atoms with Crippen LogP contribution in [0.15, 0.2) is 48.7 Å². The summed E-state index contributed by atoms with van der Waals surface area (Å²) < 4.78 is 5.17. The van der Waals surface area contributed by atoms with E-state index in [4.69, 9.17) is 4.74 Å². The van der Waals surface area contributed by atoms with Gasteiger partial charge in [-0.1, -0.05) is 18.2 Å². The summed E-state index contributed by atoms with van der Waals surface area (Å²) in [6.45, 7) is 2.58. The molecule has 176 valence electrons. The lowest BCUT2D eigenvalue weighted by atomic mass is 10.0. The molecule has 8 heteroatoms. The van der Waals surface area contributed by atoms with Crippen LogP contribution in [0.3, 0.4) is 0 Å². The van der Waals surface area contributed by atoms with Crippen molar-refractivity contribution in [2.24, 2.45) is 0 Å². The number of rotatable bonds is 8. The van der Waals surface area contributed by atoms with Gasteiger partial charge in [0.1, 0.15) is 11.8 Å². The Morgan fingerprint density at radius 2 is 2.06 bits per heavy atom. The minimum absolute atomic E-state index is 0.0227. The zero-order valence-corrected chi connectivity index (χ0v) is 19.4. The molecule has 3 atom stereocenters. The van der Waals surface area contributed by atoms with Gasteiger partial charge in [0.25, 0.3) is 0 Å². The molecule has 1 aromatic carbocycles. The molecule has 2 N–H and O–H groups in total. The van der Waals surface area contributed by atoms with E-state index in [0.717, 1.165) is 30.0 Å². The van der Waals surface area contributed by atoms with Gasteiger partial charge in [-0.15, -0.1) is 0 Å². The monoisotopic (exact) mass is 451 g/mol. The van der Waals surface area contributed by atoms with Crippen LogP contribution >= 0.6 is 0 Å². The van der Waals surface area contributed by atoms with Crippen molar-refractivity contribution in [2.45, 2.75) is 50.5 Å². The van der Waals surface area contributed by atoms with Crippen molar-refractivity contribution in [1.29, 1.82) is 0 Å². The summed E-state index contributed by atoms with van der Waals surface area (Å²) in [6.07, 6.45) is 3.85. The summed E-state index contributed by atoms with van der Waals surface area (Å²) in [4.78, 5) is 34.4. The number of amides is 2. The normalized spacial score (nSPS) is 23.5. The van der Waals surface area contributed by atoms with E-state index in [2.05, 4.69) is 32.5 Å². The number of carbonyl (C=O) groups is 2. The predicted molar refractivity (Wildman–Crippen MR) is 125 cm³/mol. The molecule has 2 aliphatic heterocycles. The van der Waals surface area contributed by atoms with Gasteiger partial charge in [0.2, 0.25) is 11.8 Å². The highest BCUT2D eigenvalue weighted by molar-refractivity contribution is 5.83. The number of methoxy groups -OCH3 is 1. The van der Waals surface area contributed by atoms with Crippen LogP contribution in [0, 0.1) is 0 Å². The van der Waals surface area contributed by atoms with E-state index in [0.29, 0.717) is 32.5 Å². The Labute approximate surface area is 195 Å². The Kier molecular flexibility index (Phi) is 7.57. The third kappa shape index (κ3) is 5.69. The number of fused-ring (bicyclic) bond motifs is 1. The molecule has 0 aliphatic carbocycles. The SMILES string of the molecule is COc1ccc(CNC(=O)CC[C@H]2CNC(=O)[C@@H]3[C@H](CCN3Cc3ccccn3)N2C)cc1. The number of carbonyl (C=O) groups excluding carboxylic acids is 2. The molecule has 2 saturated heterocycles. The molecule has 8 nitrogen and oxygen atoms in total. The van der Waals surface area contributed by atoms with Gasteiger partial charge >= 0.3 is 0 Å². The summed E-state index contributed by atoms with van der Waals surface area (Å²) >= 11 is 0. The molecule has 2 fully saturated rings. The maximum atomic E-state index is 12.9. The Bertz CT molecular complexity index is 937. The van der Waals surface area contributed by atoms with E-state index in [1.165, 1.54) is 0 Å². The quantitative estimate of drug-likeness (QED) is 0.634. The lowest BCUT2D eigenvalue weighted by Gasteiger charge is -2.33. The fourth-order valence-corrected chi connectivity index (χ4v) is 4.86. The van der Waals surface area contributed by atoms with Crippen molar-refractivity contribution >= 4 is 11.8 Å². The van der Waals surface area contributed by atoms with Crippen LogP contribution in [0.4, 0.5) is 0 Å². The van der Waals surface area contributed by atoms with Crippen LogP contribution in [0.25, 0.3) is 0 Å². The van der Waals surface area contributed by atoms with Crippen molar-refractivity contribution in [3.8, 4) is 5.75 Å². The summed E-state index contributed by atoms with van der Waals surface area (Å²) in [5.74, 6) is 0.897. The summed E-state index contributed by atoms with van der Waals surface area (Å²) in [7, 11) is 3.72. The fraction of sp³-hybridized carbons (Fsp3) is 0.480. The van der Waals surface area contributed by atoms with E-state index in [9.17, 15) is 9.59 Å². The standard InChI is InChI=1S/C25H33N5O3/c1-29-20(8-11-23(31)27-15-18-6-9-21(33-2)10-7-18)16-28-25(32)24-22(29)12-14-30(24)17-19-5-3-4-13-26-19/h3-7,9-10,13,20,22,24H,8,11-12,14-17H2,1-2H3,(H,27,31)(H,28,32)/t20-,22-,24-/m0/s1. The maximum absolute atomic E-state index is 12.9. The van der Waals surface area contributed by atoms with E-state index in [1.807, 2.05) is 42.5 Å². The van der Waals surface area contributed by atoms with Crippen molar-refractivity contribution in [3.63, 3.8) is 0 Å². The average molecular weight is 452 g/mol. The molecular weight excluding hydrogens is 418 g/mol. The molecule has 2 aliphatic rings. The Morgan fingerprint density at radius 1 is 1.24 bits per heavy atom. The van der Waals surface area contributed by atoms with E-state index in [1.54, 1.807) is 13.3 Å². The van der Waals surface area contributed by atoms with Crippen LogP contribution in [0.5, 0.6) is 5.75 Å². The van der Waals surface area contributed by atoms with Gasteiger partial charge in [-0.2, -0.15) is 0 Å². The van der Waals surface area contributed by atoms with Crippen LogP contribution in [-0.2, 0) is 22.7 Å². The lowest BCUT2D eigenvalue weighted by Crippen LogP contribution is -2.49. The highest BCUT2D eigenvalue weighted by Crippen LogP contribution is 2.28. The second kappa shape index (κ2) is 10.8. The number of nitrogens with zero attached hydrogens (tertiary/aromatic N) is 3. The van der Waals surface area contributed by atoms with Gasteiger partial charge < -0.3 is 15.4 Å². The number of hydrogen-bond donors (Lipinski definition) is 2. The van der Waals surface area contributed by atoms with Crippen LogP contribution in [0.2, 0.25) is 0 Å². The molecule has 33 heavy (non-hydrogen) atoms. The number of likely N-dealkylation sites (N-methyl/N-ethyl adjacent to an activating group) is 1. The first kappa shape index (κ1) is 23.2. The largest absolute Gasteiger partial charge is 0.497 e. The molecular formula is C25H33N5O3. The number of ether oxygens (including phenoxy) is 1. The zero-order chi connectivity index (χ0) is 23.2. The van der Waals surface area contributed by atoms with Gasteiger partial charge in [-0.25, -0.2) is 0 Å². The maximum Gasteiger partial charge on any atom is 0.239 e. The fourth-order valence-electron chi connectivity index (χ4n) is 4.86. The van der Waals surface area contributed by atoms with Gasteiger partial charge in [-0.05, 0) is 49.7 Å². The Hall–Kier alpha value is -2.97. The van der Waals surface area contributed by atoms with Gasteiger partial charge in [0, 0.05) is 50.9 Å². The predicted octanol–water partition coefficient (Wildman–Crippen LogP) is 1.56. The van der Waals surface area contributed by atoms with Gasteiger partial charge in [0.15, 0.2) is 0 Å². The first-order valence-corrected chi connectivity index (χ1v) is 11.6. The number of benzene rings is 1. The molecule has 3 heterocycles. The minimum Gasteiger partial charge on any atom is -0.497 e. The third-order valence-electron chi connectivity index (χ3n) is 6.79. The second-order valence-corrected chi connectivity index (χ2v) is 8.82. The summed E-state index contributed by atoms with van der Waals surface area (Å²) in [5, 5.41) is 6.11. The molecule has 0 unspecified atom stereocenters. The number of pyridine rings is 1. The average Bonchev–Trinajstić information content (AvgIpc) is 3.21. The van der Waals surface area contributed by atoms with Gasteiger partial charge in [0.05, 0.1) is 12.8 Å². The topological polar surface area (TPSA) is 86.8 Å².